The Morgan fingerprint density at radius 2 is 1.89 bits per heavy atom. The molecular formula is C11H10Br2N2O3. The fourth-order valence-electron chi connectivity index (χ4n) is 1.67. The number of carbonyl (C=O) groups excluding carboxylic acids is 2. The van der Waals surface area contributed by atoms with Crippen LogP contribution in [0.25, 0.3) is 0 Å². The van der Waals surface area contributed by atoms with E-state index in [-0.39, 0.29) is 17.6 Å². The molecule has 1 heterocycles. The van der Waals surface area contributed by atoms with Gasteiger partial charge in [-0.2, -0.15) is 0 Å². The highest BCUT2D eigenvalue weighted by Crippen LogP contribution is 2.37. The van der Waals surface area contributed by atoms with Gasteiger partial charge in [-0.05, 0) is 44.0 Å². The van der Waals surface area contributed by atoms with Gasteiger partial charge < -0.3 is 5.11 Å². The van der Waals surface area contributed by atoms with Crippen LogP contribution in [-0.4, -0.2) is 23.6 Å². The highest BCUT2D eigenvalue weighted by atomic mass is 79.9. The molecule has 1 aromatic carbocycles. The molecule has 3 amide bonds. The Balaban J connectivity index is 2.37. The van der Waals surface area contributed by atoms with Crippen molar-refractivity contribution in [3.63, 3.8) is 0 Å². The third kappa shape index (κ3) is 2.37. The van der Waals surface area contributed by atoms with Gasteiger partial charge in [0.2, 0.25) is 5.91 Å². The number of nitrogens with zero attached hydrogens (tertiary/aromatic N) is 1. The molecule has 0 bridgehead atoms. The number of benzene rings is 1. The van der Waals surface area contributed by atoms with Gasteiger partial charge in [0, 0.05) is 12.2 Å². The third-order valence-corrected chi connectivity index (χ3v) is 3.90. The number of phenols is 1. The van der Waals surface area contributed by atoms with Crippen LogP contribution >= 0.6 is 31.9 Å². The lowest BCUT2D eigenvalue weighted by molar-refractivity contribution is -0.123. The molecule has 2 N–H and O–H groups in total. The van der Waals surface area contributed by atoms with Crippen molar-refractivity contribution >= 4 is 49.5 Å². The summed E-state index contributed by atoms with van der Waals surface area (Å²) < 4.78 is 0.952. The standard InChI is InChI=1S/C11H10Br2N2O3/c1-5-4-15(11(18)14-10(5)17)6-2-7(12)9(16)8(13)3-6/h2-3,5,16H,4H2,1H3,(H,14,17,18). The topological polar surface area (TPSA) is 69.6 Å². The second-order valence-electron chi connectivity index (χ2n) is 4.06. The normalized spacial score (nSPS) is 19.9. The maximum atomic E-state index is 11.8. The van der Waals surface area contributed by atoms with Gasteiger partial charge in [0.15, 0.2) is 0 Å². The van der Waals surface area contributed by atoms with Gasteiger partial charge in [-0.25, -0.2) is 4.79 Å². The van der Waals surface area contributed by atoms with Crippen molar-refractivity contribution in [3.05, 3.63) is 21.1 Å². The van der Waals surface area contributed by atoms with E-state index in [1.54, 1.807) is 19.1 Å². The quantitative estimate of drug-likeness (QED) is 0.790. The van der Waals surface area contributed by atoms with Gasteiger partial charge >= 0.3 is 6.03 Å². The number of amides is 3. The van der Waals surface area contributed by atoms with Crippen LogP contribution in [0.3, 0.4) is 0 Å². The van der Waals surface area contributed by atoms with Gasteiger partial charge in [0.25, 0.3) is 0 Å². The first-order valence-electron chi connectivity index (χ1n) is 5.20. The summed E-state index contributed by atoms with van der Waals surface area (Å²) in [5.74, 6) is -0.470. The Labute approximate surface area is 120 Å². The predicted octanol–water partition coefficient (Wildman–Crippen LogP) is 2.61. The van der Waals surface area contributed by atoms with Crippen molar-refractivity contribution in [1.29, 1.82) is 0 Å². The van der Waals surface area contributed by atoms with E-state index in [1.165, 1.54) is 4.90 Å². The van der Waals surface area contributed by atoms with Crippen LogP contribution in [-0.2, 0) is 4.79 Å². The summed E-state index contributed by atoms with van der Waals surface area (Å²) in [5, 5.41) is 11.9. The number of rotatable bonds is 1. The van der Waals surface area contributed by atoms with Gasteiger partial charge in [-0.1, -0.05) is 6.92 Å². The van der Waals surface area contributed by atoms with Crippen molar-refractivity contribution in [2.75, 3.05) is 11.4 Å². The lowest BCUT2D eigenvalue weighted by atomic mass is 10.1. The molecule has 18 heavy (non-hydrogen) atoms. The van der Waals surface area contributed by atoms with Crippen LogP contribution < -0.4 is 10.2 Å². The van der Waals surface area contributed by atoms with Crippen LogP contribution in [0.2, 0.25) is 0 Å². The minimum Gasteiger partial charge on any atom is -0.506 e. The van der Waals surface area contributed by atoms with Crippen molar-refractivity contribution < 1.29 is 14.7 Å². The maximum absolute atomic E-state index is 11.8. The number of imide groups is 1. The summed E-state index contributed by atoms with van der Waals surface area (Å²) in [6, 6.07) is 2.80. The molecule has 1 fully saturated rings. The van der Waals surface area contributed by atoms with Crippen LogP contribution in [0.15, 0.2) is 21.1 Å². The minimum atomic E-state index is -0.456. The van der Waals surface area contributed by atoms with E-state index in [0.717, 1.165) is 0 Å². The molecule has 5 nitrogen and oxygen atoms in total. The molecule has 2 rings (SSSR count). The third-order valence-electron chi connectivity index (χ3n) is 2.69. The summed E-state index contributed by atoms with van der Waals surface area (Å²) in [7, 11) is 0. The SMILES string of the molecule is CC1CN(c2cc(Br)c(O)c(Br)c2)C(=O)NC1=O. The molecule has 1 aliphatic rings. The molecule has 96 valence electrons. The fourth-order valence-corrected chi connectivity index (χ4v) is 2.83. The fraction of sp³-hybridized carbons (Fsp3) is 0.273. The van der Waals surface area contributed by atoms with Crippen LogP contribution in [0, 0.1) is 5.92 Å². The number of aromatic hydroxyl groups is 1. The molecule has 7 heteroatoms. The monoisotopic (exact) mass is 376 g/mol. The van der Waals surface area contributed by atoms with Crippen molar-refractivity contribution in [2.45, 2.75) is 6.92 Å². The molecule has 0 saturated carbocycles. The summed E-state index contributed by atoms with van der Waals surface area (Å²) in [6.45, 7) is 2.06. The van der Waals surface area contributed by atoms with Gasteiger partial charge in [-0.3, -0.25) is 15.0 Å². The van der Waals surface area contributed by atoms with Crippen LogP contribution in [0.4, 0.5) is 10.5 Å². The first-order chi connectivity index (χ1) is 8.40. The number of phenolic OH excluding ortho intramolecular Hbond substituents is 1. The van der Waals surface area contributed by atoms with Crippen LogP contribution in [0.1, 0.15) is 6.92 Å². The molecule has 0 spiro atoms. The Hall–Kier alpha value is -1.08. The zero-order valence-electron chi connectivity index (χ0n) is 9.41. The van der Waals surface area contributed by atoms with Crippen molar-refractivity contribution in [3.8, 4) is 5.75 Å². The maximum Gasteiger partial charge on any atom is 0.328 e. The first-order valence-corrected chi connectivity index (χ1v) is 6.79. The largest absolute Gasteiger partial charge is 0.506 e. The van der Waals surface area contributed by atoms with E-state index >= 15 is 0 Å². The van der Waals surface area contributed by atoms with Gasteiger partial charge in [0.1, 0.15) is 5.75 Å². The Morgan fingerprint density at radius 3 is 2.44 bits per heavy atom. The molecule has 1 unspecified atom stereocenters. The second-order valence-corrected chi connectivity index (χ2v) is 5.77. The van der Waals surface area contributed by atoms with Crippen molar-refractivity contribution in [2.24, 2.45) is 5.92 Å². The van der Waals surface area contributed by atoms with Gasteiger partial charge in [-0.15, -0.1) is 0 Å². The number of hydrogen-bond acceptors (Lipinski definition) is 3. The smallest absolute Gasteiger partial charge is 0.328 e. The summed E-state index contributed by atoms with van der Waals surface area (Å²) in [6.07, 6.45) is 0. The van der Waals surface area contributed by atoms with E-state index in [2.05, 4.69) is 37.2 Å². The molecule has 0 aromatic heterocycles. The summed E-state index contributed by atoms with van der Waals surface area (Å²) in [4.78, 5) is 24.6. The lowest BCUT2D eigenvalue weighted by Crippen LogP contribution is -2.53. The number of hydrogen-bond donors (Lipinski definition) is 2. The number of carbonyl (C=O) groups is 2. The summed E-state index contributed by atoms with van der Waals surface area (Å²) in [5.41, 5.74) is 0.600. The molecule has 0 aliphatic carbocycles. The minimum absolute atomic E-state index is 0.0697. The van der Waals surface area contributed by atoms with Crippen molar-refractivity contribution in [1.82, 2.24) is 5.32 Å². The van der Waals surface area contributed by atoms with E-state index < -0.39 is 6.03 Å². The zero-order valence-corrected chi connectivity index (χ0v) is 12.6. The Bertz CT molecular complexity index is 510. The Morgan fingerprint density at radius 1 is 1.33 bits per heavy atom. The first kappa shape index (κ1) is 13.4. The van der Waals surface area contributed by atoms with E-state index in [9.17, 15) is 14.7 Å². The van der Waals surface area contributed by atoms with E-state index in [0.29, 0.717) is 21.2 Å². The molecule has 1 saturated heterocycles. The molecule has 1 aromatic rings. The predicted molar refractivity (Wildman–Crippen MR) is 73.6 cm³/mol. The second kappa shape index (κ2) is 4.89. The molecule has 1 aliphatic heterocycles. The highest BCUT2D eigenvalue weighted by molar-refractivity contribution is 9.11. The summed E-state index contributed by atoms with van der Waals surface area (Å²) >= 11 is 6.41. The average Bonchev–Trinajstić information content (AvgIpc) is 2.30. The molecule has 1 atom stereocenters. The molecule has 0 radical (unpaired) electrons. The lowest BCUT2D eigenvalue weighted by Gasteiger charge is -2.30. The number of anilines is 1. The van der Waals surface area contributed by atoms with E-state index in [1.807, 2.05) is 0 Å². The Kier molecular flexibility index (Phi) is 3.63. The number of halogens is 2. The average molecular weight is 378 g/mol. The highest BCUT2D eigenvalue weighted by Gasteiger charge is 2.30. The van der Waals surface area contributed by atoms with E-state index in [4.69, 9.17) is 0 Å². The number of nitrogens with one attached hydrogen (secondary N) is 1. The molecular weight excluding hydrogens is 368 g/mol. The van der Waals surface area contributed by atoms with Gasteiger partial charge in [0.05, 0.1) is 14.9 Å². The van der Waals surface area contributed by atoms with Crippen LogP contribution in [0.5, 0.6) is 5.75 Å². The zero-order chi connectivity index (χ0) is 13.4. The number of urea groups is 1.